The Kier molecular flexibility index (Phi) is 7.17. The van der Waals surface area contributed by atoms with Crippen LogP contribution in [0.2, 0.25) is 5.02 Å². The maximum Gasteiger partial charge on any atom is 0.175 e. The van der Waals surface area contributed by atoms with Crippen molar-refractivity contribution in [1.82, 2.24) is 5.32 Å². The lowest BCUT2D eigenvalue weighted by Gasteiger charge is -2.59. The van der Waals surface area contributed by atoms with Gasteiger partial charge in [-0.1, -0.05) is 17.7 Å². The van der Waals surface area contributed by atoms with Crippen LogP contribution in [0.3, 0.4) is 0 Å². The van der Waals surface area contributed by atoms with E-state index in [1.165, 1.54) is 56.2 Å². The van der Waals surface area contributed by atoms with Crippen molar-refractivity contribution in [2.75, 3.05) is 6.61 Å². The summed E-state index contributed by atoms with van der Waals surface area (Å²) in [6.07, 6.45) is 8.63. The quantitative estimate of drug-likeness (QED) is 0.344. The van der Waals surface area contributed by atoms with Gasteiger partial charge in [0.25, 0.3) is 0 Å². The molecular formula is C28H34BrClFNO2. The van der Waals surface area contributed by atoms with Crippen LogP contribution in [0.15, 0.2) is 34.8 Å². The Balaban J connectivity index is 1.27. The van der Waals surface area contributed by atoms with Crippen molar-refractivity contribution in [3.63, 3.8) is 0 Å². The van der Waals surface area contributed by atoms with E-state index in [1.54, 1.807) is 6.07 Å². The summed E-state index contributed by atoms with van der Waals surface area (Å²) in [6.45, 7) is 5.94. The van der Waals surface area contributed by atoms with Crippen LogP contribution < -0.4 is 14.8 Å². The molecule has 0 heterocycles. The highest BCUT2D eigenvalue weighted by Crippen LogP contribution is 2.61. The standard InChI is InChI=1S/C28H34BrClFNO2/c1-3-33-26-10-21(9-24(29)27(26)34-16-22-4-5-23(31)11-25(22)30)15-32-17(2)28-12-18-6-19(13-28)8-20(7-18)14-28/h4-5,9-11,17-20,32H,3,6-8,12-16H2,1-2H3. The van der Waals surface area contributed by atoms with Crippen LogP contribution in [-0.4, -0.2) is 12.6 Å². The zero-order valence-electron chi connectivity index (χ0n) is 20.0. The van der Waals surface area contributed by atoms with Crippen molar-refractivity contribution < 1.29 is 13.9 Å². The van der Waals surface area contributed by atoms with Gasteiger partial charge in [0, 0.05) is 18.2 Å². The van der Waals surface area contributed by atoms with Crippen molar-refractivity contribution >= 4 is 27.5 Å². The summed E-state index contributed by atoms with van der Waals surface area (Å²) in [5.74, 6) is 3.86. The van der Waals surface area contributed by atoms with Gasteiger partial charge >= 0.3 is 0 Å². The predicted octanol–water partition coefficient (Wildman–Crippen LogP) is 7.91. The fourth-order valence-corrected chi connectivity index (χ4v) is 7.94. The minimum atomic E-state index is -0.357. The lowest BCUT2D eigenvalue weighted by atomic mass is 9.48. The fourth-order valence-electron chi connectivity index (χ4n) is 7.11. The summed E-state index contributed by atoms with van der Waals surface area (Å²) in [5.41, 5.74) is 2.37. The van der Waals surface area contributed by atoms with Crippen LogP contribution in [0.1, 0.15) is 63.5 Å². The molecule has 4 fully saturated rings. The zero-order chi connectivity index (χ0) is 23.9. The van der Waals surface area contributed by atoms with Crippen LogP contribution in [0, 0.1) is 29.0 Å². The van der Waals surface area contributed by atoms with E-state index in [-0.39, 0.29) is 12.4 Å². The number of ether oxygens (including phenoxy) is 2. The molecule has 4 saturated carbocycles. The Hall–Kier alpha value is -1.30. The molecule has 0 aliphatic heterocycles. The summed E-state index contributed by atoms with van der Waals surface area (Å²) in [5, 5.41) is 4.23. The second-order valence-corrected chi connectivity index (χ2v) is 12.0. The van der Waals surface area contributed by atoms with Gasteiger partial charge in [-0.15, -0.1) is 0 Å². The highest BCUT2D eigenvalue weighted by molar-refractivity contribution is 9.10. The summed E-state index contributed by atoms with van der Waals surface area (Å²) < 4.78 is 26.2. The van der Waals surface area contributed by atoms with E-state index in [0.29, 0.717) is 34.6 Å². The normalized spacial score (nSPS) is 28.2. The third-order valence-electron chi connectivity index (χ3n) is 8.37. The van der Waals surface area contributed by atoms with Gasteiger partial charge in [0.2, 0.25) is 0 Å². The van der Waals surface area contributed by atoms with Gasteiger partial charge in [-0.3, -0.25) is 0 Å². The molecule has 34 heavy (non-hydrogen) atoms. The molecule has 2 aromatic rings. The van der Waals surface area contributed by atoms with E-state index in [1.807, 2.05) is 6.92 Å². The van der Waals surface area contributed by atoms with E-state index in [0.717, 1.165) is 34.3 Å². The molecule has 1 atom stereocenters. The molecule has 184 valence electrons. The average Bonchev–Trinajstić information content (AvgIpc) is 2.77. The number of hydrogen-bond donors (Lipinski definition) is 1. The largest absolute Gasteiger partial charge is 0.490 e. The molecule has 2 aromatic carbocycles. The first kappa shape index (κ1) is 24.4. The Labute approximate surface area is 215 Å². The molecule has 0 saturated heterocycles. The highest BCUT2D eigenvalue weighted by atomic mass is 79.9. The minimum absolute atomic E-state index is 0.235. The molecule has 6 rings (SSSR count). The van der Waals surface area contributed by atoms with Crippen LogP contribution in [0.4, 0.5) is 4.39 Å². The van der Waals surface area contributed by atoms with Crippen molar-refractivity contribution in [2.45, 2.75) is 71.6 Å². The second-order valence-electron chi connectivity index (χ2n) is 10.7. The summed E-state index contributed by atoms with van der Waals surface area (Å²) in [4.78, 5) is 0. The molecule has 6 heteroatoms. The number of rotatable bonds is 9. The van der Waals surface area contributed by atoms with Crippen LogP contribution >= 0.6 is 27.5 Å². The molecule has 4 aliphatic carbocycles. The number of nitrogens with one attached hydrogen (secondary N) is 1. The zero-order valence-corrected chi connectivity index (χ0v) is 22.4. The first-order chi connectivity index (χ1) is 16.3. The van der Waals surface area contributed by atoms with Crippen molar-refractivity contribution in [3.05, 3.63) is 56.8 Å². The molecule has 0 aromatic heterocycles. The van der Waals surface area contributed by atoms with E-state index < -0.39 is 0 Å². The highest BCUT2D eigenvalue weighted by Gasteiger charge is 2.52. The minimum Gasteiger partial charge on any atom is -0.490 e. The Morgan fingerprint density at radius 3 is 2.38 bits per heavy atom. The van der Waals surface area contributed by atoms with E-state index in [9.17, 15) is 4.39 Å². The van der Waals surface area contributed by atoms with E-state index in [4.69, 9.17) is 21.1 Å². The van der Waals surface area contributed by atoms with Gasteiger partial charge in [-0.2, -0.15) is 0 Å². The molecule has 4 bridgehead atoms. The van der Waals surface area contributed by atoms with Gasteiger partial charge in [-0.05, 0) is 121 Å². The van der Waals surface area contributed by atoms with Gasteiger partial charge in [-0.25, -0.2) is 4.39 Å². The van der Waals surface area contributed by atoms with Crippen LogP contribution in [-0.2, 0) is 13.2 Å². The SMILES string of the molecule is CCOc1cc(CNC(C)C23CC4CC(CC(C4)C2)C3)cc(Br)c1OCc1ccc(F)cc1Cl. The molecule has 1 N–H and O–H groups in total. The van der Waals surface area contributed by atoms with Crippen LogP contribution in [0.25, 0.3) is 0 Å². The third-order valence-corrected chi connectivity index (χ3v) is 9.31. The lowest BCUT2D eigenvalue weighted by Crippen LogP contribution is -2.54. The Bertz CT molecular complexity index is 1010. The predicted molar refractivity (Wildman–Crippen MR) is 138 cm³/mol. The van der Waals surface area contributed by atoms with Gasteiger partial charge in [0.1, 0.15) is 12.4 Å². The number of hydrogen-bond acceptors (Lipinski definition) is 3. The third kappa shape index (κ3) is 4.99. The average molecular weight is 551 g/mol. The molecule has 4 aliphatic rings. The number of halogens is 3. The Morgan fingerprint density at radius 1 is 1.09 bits per heavy atom. The molecule has 0 amide bonds. The summed E-state index contributed by atoms with van der Waals surface area (Å²) in [6, 6.07) is 9.02. The van der Waals surface area contributed by atoms with Crippen molar-refractivity contribution in [3.8, 4) is 11.5 Å². The van der Waals surface area contributed by atoms with Crippen molar-refractivity contribution in [2.24, 2.45) is 23.2 Å². The smallest absolute Gasteiger partial charge is 0.175 e. The van der Waals surface area contributed by atoms with Gasteiger partial charge < -0.3 is 14.8 Å². The maximum atomic E-state index is 13.4. The van der Waals surface area contributed by atoms with Gasteiger partial charge in [0.15, 0.2) is 11.5 Å². The lowest BCUT2D eigenvalue weighted by molar-refractivity contribution is -0.0706. The number of benzene rings is 2. The maximum absolute atomic E-state index is 13.4. The fraction of sp³-hybridized carbons (Fsp3) is 0.571. The van der Waals surface area contributed by atoms with E-state index >= 15 is 0 Å². The first-order valence-corrected chi connectivity index (χ1v) is 13.8. The monoisotopic (exact) mass is 549 g/mol. The molecule has 0 spiro atoms. The Morgan fingerprint density at radius 2 is 1.76 bits per heavy atom. The topological polar surface area (TPSA) is 30.5 Å². The van der Waals surface area contributed by atoms with Crippen LogP contribution in [0.5, 0.6) is 11.5 Å². The molecule has 1 unspecified atom stereocenters. The second kappa shape index (κ2) is 9.99. The molecular weight excluding hydrogens is 517 g/mol. The molecule has 3 nitrogen and oxygen atoms in total. The van der Waals surface area contributed by atoms with Crippen molar-refractivity contribution in [1.29, 1.82) is 0 Å². The molecule has 0 radical (unpaired) electrons. The van der Waals surface area contributed by atoms with Gasteiger partial charge in [0.05, 0.1) is 16.1 Å². The summed E-state index contributed by atoms with van der Waals surface area (Å²) in [7, 11) is 0. The summed E-state index contributed by atoms with van der Waals surface area (Å²) >= 11 is 9.86. The van der Waals surface area contributed by atoms with E-state index in [2.05, 4.69) is 40.3 Å². The first-order valence-electron chi connectivity index (χ1n) is 12.6.